The van der Waals surface area contributed by atoms with Crippen molar-refractivity contribution in [1.82, 2.24) is 0 Å². The molecule has 0 atom stereocenters. The van der Waals surface area contributed by atoms with Crippen LogP contribution in [0.2, 0.25) is 0 Å². The van der Waals surface area contributed by atoms with Crippen LogP contribution in [0, 0.1) is 6.92 Å². The summed E-state index contributed by atoms with van der Waals surface area (Å²) in [5.74, 6) is -0.243. The molecule has 0 unspecified atom stereocenters. The van der Waals surface area contributed by atoms with Gasteiger partial charge in [-0.15, -0.1) is 3.63 Å². The number of hydrogen-bond acceptors (Lipinski definition) is 7. The average molecular weight is 347 g/mol. The van der Waals surface area contributed by atoms with Gasteiger partial charge in [-0.25, -0.2) is 5.14 Å². The van der Waals surface area contributed by atoms with Gasteiger partial charge in [0.2, 0.25) is 0 Å². The fourth-order valence-corrected chi connectivity index (χ4v) is 1.63. The van der Waals surface area contributed by atoms with Crippen molar-refractivity contribution in [2.45, 2.75) is 6.42 Å². The van der Waals surface area contributed by atoms with Crippen molar-refractivity contribution < 1.29 is 98.5 Å². The van der Waals surface area contributed by atoms with Gasteiger partial charge in [0.25, 0.3) is 10.1 Å². The van der Waals surface area contributed by atoms with E-state index in [1.807, 2.05) is 0 Å². The van der Waals surface area contributed by atoms with Gasteiger partial charge < -0.3 is 8.35 Å². The first-order valence-corrected chi connectivity index (χ1v) is 7.67. The van der Waals surface area contributed by atoms with E-state index in [-0.39, 0.29) is 72.7 Å². The first-order chi connectivity index (χ1) is 6.77. The SMILES string of the molecule is NS(=O)(=O)OS(=O)(=O)O.[CH2-]CCS(=O)(=O)O.[H-].[Na+].[Na+]. The Balaban J connectivity index is -0.0000000607. The van der Waals surface area contributed by atoms with Crippen molar-refractivity contribution in [1.29, 1.82) is 0 Å². The zero-order valence-electron chi connectivity index (χ0n) is 10.7. The quantitative estimate of drug-likeness (QED) is 0.253. The van der Waals surface area contributed by atoms with Gasteiger partial charge in [0.05, 0.1) is 0 Å². The smallest absolute Gasteiger partial charge is 1.00 e. The van der Waals surface area contributed by atoms with E-state index in [1.165, 1.54) is 0 Å². The summed E-state index contributed by atoms with van der Waals surface area (Å²) in [7, 11) is -13.4. The Morgan fingerprint density at radius 2 is 1.39 bits per heavy atom. The van der Waals surface area contributed by atoms with Crippen LogP contribution in [0.3, 0.4) is 0 Å². The van der Waals surface area contributed by atoms with Crippen molar-refractivity contribution >= 4 is 30.8 Å². The maximum Gasteiger partial charge on any atom is 1.00 e. The Morgan fingerprint density at radius 1 is 1.06 bits per heavy atom. The number of hydrogen-bond donors (Lipinski definition) is 3. The topological polar surface area (TPSA) is 178 Å². The van der Waals surface area contributed by atoms with Gasteiger partial charge in [-0.3, -0.25) is 9.11 Å². The van der Waals surface area contributed by atoms with Crippen LogP contribution >= 0.6 is 0 Å². The Hall–Kier alpha value is 1.69. The van der Waals surface area contributed by atoms with Gasteiger partial charge in [0, 0.05) is 5.75 Å². The van der Waals surface area contributed by atoms with E-state index >= 15 is 0 Å². The Labute approximate surface area is 152 Å². The molecule has 0 aliphatic carbocycles. The first-order valence-electron chi connectivity index (χ1n) is 3.22. The van der Waals surface area contributed by atoms with Crippen LogP contribution in [0.25, 0.3) is 0 Å². The van der Waals surface area contributed by atoms with Gasteiger partial charge in [0.15, 0.2) is 0 Å². The first kappa shape index (κ1) is 27.9. The molecule has 0 aromatic rings. The predicted octanol–water partition coefficient (Wildman–Crippen LogP) is -7.77. The van der Waals surface area contributed by atoms with Gasteiger partial charge in [0.1, 0.15) is 0 Å². The van der Waals surface area contributed by atoms with Crippen LogP contribution in [-0.2, 0) is 34.5 Å². The number of rotatable bonds is 4. The molecule has 0 aliphatic rings. The van der Waals surface area contributed by atoms with Crippen LogP contribution in [0.15, 0.2) is 0 Å². The van der Waals surface area contributed by atoms with E-state index in [4.69, 9.17) is 9.11 Å². The second-order valence-electron chi connectivity index (χ2n) is 2.13. The number of nitrogens with two attached hydrogens (primary N) is 1. The van der Waals surface area contributed by atoms with E-state index < -0.39 is 30.8 Å². The molecule has 18 heavy (non-hydrogen) atoms. The van der Waals surface area contributed by atoms with Gasteiger partial charge >= 0.3 is 79.8 Å². The van der Waals surface area contributed by atoms with Crippen LogP contribution in [0.1, 0.15) is 7.85 Å². The van der Waals surface area contributed by atoms with Crippen LogP contribution in [0.4, 0.5) is 0 Å². The fourth-order valence-electron chi connectivity index (χ4n) is 0.302. The largest absolute Gasteiger partial charge is 1.00 e. The molecule has 0 aromatic carbocycles. The summed E-state index contributed by atoms with van der Waals surface area (Å²) in [6.07, 6.45) is 0.221. The van der Waals surface area contributed by atoms with Crippen molar-refractivity contribution in [3.05, 3.63) is 6.92 Å². The van der Waals surface area contributed by atoms with Crippen LogP contribution < -0.4 is 64.3 Å². The predicted molar refractivity (Wildman–Crippen MR) is 53.2 cm³/mol. The molecule has 0 aromatic heterocycles. The molecule has 0 saturated carbocycles. The molecule has 0 fully saturated rings. The molecular weight excluding hydrogens is 336 g/mol. The molecule has 0 rings (SSSR count). The maximum absolute atomic E-state index is 9.75. The van der Waals surface area contributed by atoms with Crippen molar-refractivity contribution in [3.8, 4) is 0 Å². The molecule has 102 valence electrons. The third-order valence-corrected chi connectivity index (χ3v) is 2.83. The molecule has 0 spiro atoms. The summed E-state index contributed by atoms with van der Waals surface area (Å²) in [5.41, 5.74) is 0. The minimum absolute atomic E-state index is 0. The molecule has 0 aliphatic heterocycles. The second kappa shape index (κ2) is 11.4. The summed E-state index contributed by atoms with van der Waals surface area (Å²) in [4.78, 5) is 0. The summed E-state index contributed by atoms with van der Waals surface area (Å²) in [6.45, 7) is 3.23. The van der Waals surface area contributed by atoms with Crippen molar-refractivity contribution in [3.63, 3.8) is 0 Å². The molecule has 0 bridgehead atoms. The molecule has 0 amide bonds. The molecule has 15 heteroatoms. The molecule has 0 saturated heterocycles. The van der Waals surface area contributed by atoms with Gasteiger partial charge in [-0.05, 0) is 0 Å². The van der Waals surface area contributed by atoms with E-state index in [0.717, 1.165) is 0 Å². The monoisotopic (exact) mass is 347 g/mol. The van der Waals surface area contributed by atoms with Crippen molar-refractivity contribution in [2.24, 2.45) is 5.14 Å². The third kappa shape index (κ3) is 36.1. The Kier molecular flexibility index (Phi) is 17.6. The minimum atomic E-state index is -4.99. The van der Waals surface area contributed by atoms with E-state index in [9.17, 15) is 25.3 Å². The third-order valence-electron chi connectivity index (χ3n) is 0.583. The van der Waals surface area contributed by atoms with Crippen LogP contribution in [0.5, 0.6) is 0 Å². The normalized spacial score (nSPS) is 11.3. The summed E-state index contributed by atoms with van der Waals surface area (Å²) in [5, 5.41) is 4.03. The van der Waals surface area contributed by atoms with Crippen molar-refractivity contribution in [2.75, 3.05) is 5.75 Å². The fraction of sp³-hybridized carbons (Fsp3) is 0.667. The molecule has 0 radical (unpaired) electrons. The Morgan fingerprint density at radius 3 is 1.39 bits per heavy atom. The van der Waals surface area contributed by atoms with Crippen LogP contribution in [-0.4, -0.2) is 40.1 Å². The molecule has 4 N–H and O–H groups in total. The van der Waals surface area contributed by atoms with Gasteiger partial charge in [-0.1, -0.05) is 0 Å². The molecular formula is C3H11NNa2O9S3. The van der Waals surface area contributed by atoms with Gasteiger partial charge in [-0.2, -0.15) is 31.7 Å². The standard InChI is InChI=1S/C3H7O3S.H3NO6S2.2Na.H/c1-2-3-7(4,5)6;1-8(2,3)7-9(4,5)6;;;/h1-3H2,(H,4,5,6);(H2,1,2,3)(H,4,5,6);;;/q-1;;2*+1;-1. The summed E-state index contributed by atoms with van der Waals surface area (Å²) in [6, 6.07) is 0. The maximum atomic E-state index is 9.75. The summed E-state index contributed by atoms with van der Waals surface area (Å²) < 4.78 is 76.4. The zero-order chi connectivity index (χ0) is 13.6. The van der Waals surface area contributed by atoms with E-state index in [1.54, 1.807) is 0 Å². The molecule has 10 nitrogen and oxygen atoms in total. The molecule has 0 heterocycles. The van der Waals surface area contributed by atoms with E-state index in [2.05, 4.69) is 15.7 Å². The van der Waals surface area contributed by atoms with E-state index in [0.29, 0.717) is 0 Å². The Bertz CT molecular complexity index is 469. The minimum Gasteiger partial charge on any atom is -1.00 e. The second-order valence-corrected chi connectivity index (χ2v) is 6.09. The summed E-state index contributed by atoms with van der Waals surface area (Å²) >= 11 is 0. The average Bonchev–Trinajstić information content (AvgIpc) is 1.73. The zero-order valence-corrected chi connectivity index (χ0v) is 16.1.